The molecule has 0 spiro atoms. The van der Waals surface area contributed by atoms with Crippen LogP contribution in [0.3, 0.4) is 0 Å². The second-order valence-electron chi connectivity index (χ2n) is 4.53. The van der Waals surface area contributed by atoms with Crippen LogP contribution in [-0.4, -0.2) is 12.5 Å². The van der Waals surface area contributed by atoms with Crippen LogP contribution in [0.4, 0.5) is 14.5 Å². The number of benzene rings is 2. The van der Waals surface area contributed by atoms with Gasteiger partial charge < -0.3 is 10.6 Å². The van der Waals surface area contributed by atoms with Gasteiger partial charge in [-0.25, -0.2) is 8.78 Å². The zero-order chi connectivity index (χ0) is 15.2. The first-order valence-electron chi connectivity index (χ1n) is 6.66. The van der Waals surface area contributed by atoms with Gasteiger partial charge in [-0.05, 0) is 37.3 Å². The molecule has 0 aliphatic carbocycles. The Hall–Kier alpha value is -2.43. The maximum Gasteiger partial charge on any atom is 0.251 e. The van der Waals surface area contributed by atoms with E-state index in [1.807, 2.05) is 6.92 Å². The van der Waals surface area contributed by atoms with Gasteiger partial charge in [-0.1, -0.05) is 6.07 Å². The molecule has 2 aromatic carbocycles. The Morgan fingerprint density at radius 3 is 2.43 bits per heavy atom. The largest absolute Gasteiger partial charge is 0.381 e. The highest BCUT2D eigenvalue weighted by Gasteiger charge is 2.05. The van der Waals surface area contributed by atoms with Gasteiger partial charge in [0.25, 0.3) is 5.91 Å². The van der Waals surface area contributed by atoms with E-state index < -0.39 is 11.6 Å². The Labute approximate surface area is 122 Å². The summed E-state index contributed by atoms with van der Waals surface area (Å²) >= 11 is 0. The summed E-state index contributed by atoms with van der Waals surface area (Å²) in [5, 5.41) is 5.73. The minimum atomic E-state index is -0.595. The van der Waals surface area contributed by atoms with Gasteiger partial charge in [0.05, 0.1) is 0 Å². The molecule has 0 heterocycles. The molecular formula is C16H16F2N2O. The quantitative estimate of drug-likeness (QED) is 0.887. The molecule has 0 aliphatic rings. The fraction of sp³-hybridized carbons (Fsp3) is 0.188. The van der Waals surface area contributed by atoms with Crippen LogP contribution in [-0.2, 0) is 6.54 Å². The number of rotatable bonds is 5. The summed E-state index contributed by atoms with van der Waals surface area (Å²) in [7, 11) is 0. The van der Waals surface area contributed by atoms with Crippen molar-refractivity contribution in [3.8, 4) is 0 Å². The van der Waals surface area contributed by atoms with Crippen molar-refractivity contribution in [2.45, 2.75) is 13.5 Å². The average molecular weight is 290 g/mol. The van der Waals surface area contributed by atoms with Crippen LogP contribution in [0, 0.1) is 11.6 Å². The highest BCUT2D eigenvalue weighted by atomic mass is 19.1. The smallest absolute Gasteiger partial charge is 0.251 e. The van der Waals surface area contributed by atoms with Crippen LogP contribution >= 0.6 is 0 Å². The lowest BCUT2D eigenvalue weighted by atomic mass is 10.1. The molecule has 1 amide bonds. The van der Waals surface area contributed by atoms with Crippen molar-refractivity contribution in [3.63, 3.8) is 0 Å². The van der Waals surface area contributed by atoms with Gasteiger partial charge >= 0.3 is 0 Å². The Kier molecular flexibility index (Phi) is 4.87. The molecule has 2 rings (SSSR count). The summed E-state index contributed by atoms with van der Waals surface area (Å²) in [5.41, 5.74) is 1.70. The lowest BCUT2D eigenvalue weighted by Crippen LogP contribution is -2.22. The van der Waals surface area contributed by atoms with Gasteiger partial charge in [-0.2, -0.15) is 0 Å². The van der Waals surface area contributed by atoms with E-state index in [0.29, 0.717) is 17.7 Å². The van der Waals surface area contributed by atoms with Crippen molar-refractivity contribution < 1.29 is 13.6 Å². The summed E-state index contributed by atoms with van der Waals surface area (Å²) in [6, 6.07) is 10.3. The Bertz CT molecular complexity index is 627. The molecule has 0 atom stereocenters. The monoisotopic (exact) mass is 290 g/mol. The van der Waals surface area contributed by atoms with E-state index >= 15 is 0 Å². The van der Waals surface area contributed by atoms with Gasteiger partial charge in [-0.15, -0.1) is 0 Å². The van der Waals surface area contributed by atoms with E-state index in [2.05, 4.69) is 10.6 Å². The average Bonchev–Trinajstić information content (AvgIpc) is 2.47. The standard InChI is InChI=1S/C16H16F2N2O/c1-2-19-16(21)11-4-7-14(8-5-11)20-10-12-3-6-13(17)9-15(12)18/h3-9,20H,2,10H2,1H3,(H,19,21). The van der Waals surface area contributed by atoms with E-state index in [9.17, 15) is 13.6 Å². The van der Waals surface area contributed by atoms with Gasteiger partial charge in [0.1, 0.15) is 11.6 Å². The SMILES string of the molecule is CCNC(=O)c1ccc(NCc2ccc(F)cc2F)cc1. The highest BCUT2D eigenvalue weighted by Crippen LogP contribution is 2.14. The third-order valence-electron chi connectivity index (χ3n) is 2.98. The van der Waals surface area contributed by atoms with Gasteiger partial charge in [-0.3, -0.25) is 4.79 Å². The minimum absolute atomic E-state index is 0.131. The van der Waals surface area contributed by atoms with Crippen LogP contribution in [0.15, 0.2) is 42.5 Å². The topological polar surface area (TPSA) is 41.1 Å². The Morgan fingerprint density at radius 1 is 1.10 bits per heavy atom. The second-order valence-corrected chi connectivity index (χ2v) is 4.53. The van der Waals surface area contributed by atoms with Crippen LogP contribution in [0.5, 0.6) is 0 Å². The summed E-state index contributed by atoms with van der Waals surface area (Å²) < 4.78 is 26.3. The van der Waals surface area contributed by atoms with E-state index in [0.717, 1.165) is 11.8 Å². The van der Waals surface area contributed by atoms with Crippen molar-refractivity contribution in [2.24, 2.45) is 0 Å². The number of hydrogen-bond donors (Lipinski definition) is 2. The van der Waals surface area contributed by atoms with Crippen molar-refractivity contribution in [2.75, 3.05) is 11.9 Å². The van der Waals surface area contributed by atoms with Crippen LogP contribution in [0.2, 0.25) is 0 Å². The molecule has 0 unspecified atom stereocenters. The predicted molar refractivity (Wildman–Crippen MR) is 78.1 cm³/mol. The highest BCUT2D eigenvalue weighted by molar-refractivity contribution is 5.94. The van der Waals surface area contributed by atoms with Crippen molar-refractivity contribution in [3.05, 3.63) is 65.2 Å². The molecule has 0 radical (unpaired) electrons. The van der Waals surface area contributed by atoms with Crippen LogP contribution < -0.4 is 10.6 Å². The molecule has 0 bridgehead atoms. The summed E-state index contributed by atoms with van der Waals surface area (Å²) in [5.74, 6) is -1.31. The molecular weight excluding hydrogens is 274 g/mol. The molecule has 0 aliphatic heterocycles. The number of nitrogens with one attached hydrogen (secondary N) is 2. The molecule has 21 heavy (non-hydrogen) atoms. The van der Waals surface area contributed by atoms with E-state index in [1.54, 1.807) is 24.3 Å². The van der Waals surface area contributed by atoms with Crippen LogP contribution in [0.25, 0.3) is 0 Å². The van der Waals surface area contributed by atoms with Gasteiger partial charge in [0, 0.05) is 36.0 Å². The minimum Gasteiger partial charge on any atom is -0.381 e. The Morgan fingerprint density at radius 2 is 1.81 bits per heavy atom. The normalized spacial score (nSPS) is 10.2. The molecule has 110 valence electrons. The molecule has 0 aromatic heterocycles. The molecule has 2 N–H and O–H groups in total. The number of carbonyl (C=O) groups excluding carboxylic acids is 1. The van der Waals surface area contributed by atoms with E-state index in [1.165, 1.54) is 12.1 Å². The van der Waals surface area contributed by atoms with Crippen molar-refractivity contribution in [1.82, 2.24) is 5.32 Å². The molecule has 0 saturated heterocycles. The Balaban J connectivity index is 1.99. The van der Waals surface area contributed by atoms with E-state index in [4.69, 9.17) is 0 Å². The summed E-state index contributed by atoms with van der Waals surface area (Å²) in [6.07, 6.45) is 0. The van der Waals surface area contributed by atoms with E-state index in [-0.39, 0.29) is 12.5 Å². The third kappa shape index (κ3) is 4.02. The first-order valence-corrected chi connectivity index (χ1v) is 6.66. The number of hydrogen-bond acceptors (Lipinski definition) is 2. The lowest BCUT2D eigenvalue weighted by molar-refractivity contribution is 0.0956. The predicted octanol–water partition coefficient (Wildman–Crippen LogP) is 3.33. The fourth-order valence-corrected chi connectivity index (χ4v) is 1.86. The lowest BCUT2D eigenvalue weighted by Gasteiger charge is -2.08. The first-order chi connectivity index (χ1) is 10.1. The van der Waals surface area contributed by atoms with Crippen molar-refractivity contribution >= 4 is 11.6 Å². The maximum absolute atomic E-state index is 13.5. The summed E-state index contributed by atoms with van der Waals surface area (Å²) in [4.78, 5) is 11.6. The number of halogens is 2. The molecule has 0 fully saturated rings. The molecule has 0 saturated carbocycles. The zero-order valence-electron chi connectivity index (χ0n) is 11.6. The second kappa shape index (κ2) is 6.83. The molecule has 2 aromatic rings. The number of carbonyl (C=O) groups is 1. The third-order valence-corrected chi connectivity index (χ3v) is 2.98. The maximum atomic E-state index is 13.5. The molecule has 5 heteroatoms. The van der Waals surface area contributed by atoms with Gasteiger partial charge in [0.15, 0.2) is 0 Å². The zero-order valence-corrected chi connectivity index (χ0v) is 11.6. The fourth-order valence-electron chi connectivity index (χ4n) is 1.86. The number of amides is 1. The van der Waals surface area contributed by atoms with Gasteiger partial charge in [0.2, 0.25) is 0 Å². The molecule has 3 nitrogen and oxygen atoms in total. The van der Waals surface area contributed by atoms with Crippen LogP contribution in [0.1, 0.15) is 22.8 Å². The number of anilines is 1. The first kappa shape index (κ1) is 15.0. The summed E-state index contributed by atoms with van der Waals surface area (Å²) in [6.45, 7) is 2.67. The van der Waals surface area contributed by atoms with Crippen molar-refractivity contribution in [1.29, 1.82) is 0 Å².